The molecule has 0 atom stereocenters. The van der Waals surface area contributed by atoms with Crippen LogP contribution in [0.3, 0.4) is 0 Å². The quantitative estimate of drug-likeness (QED) is 0.135. The van der Waals surface area contributed by atoms with Gasteiger partial charge in [0.05, 0.1) is 0 Å². The third-order valence-corrected chi connectivity index (χ3v) is 13.5. The Morgan fingerprint density at radius 3 is 1.00 bits per heavy atom. The van der Waals surface area contributed by atoms with Gasteiger partial charge in [-0.3, -0.25) is 0 Å². The summed E-state index contributed by atoms with van der Waals surface area (Å²) in [5.74, 6) is 0. The van der Waals surface area contributed by atoms with Gasteiger partial charge in [0.25, 0.3) is 0 Å². The lowest BCUT2D eigenvalue weighted by molar-refractivity contribution is 1.73. The zero-order valence-electron chi connectivity index (χ0n) is 32.5. The van der Waals surface area contributed by atoms with E-state index >= 15 is 0 Å². The van der Waals surface area contributed by atoms with Gasteiger partial charge < -0.3 is 0 Å². The van der Waals surface area contributed by atoms with Gasteiger partial charge >= 0.3 is 0 Å². The fourth-order valence-corrected chi connectivity index (χ4v) is 9.26. The van der Waals surface area contributed by atoms with Crippen LogP contribution < -0.4 is 81.9 Å². The van der Waals surface area contributed by atoms with Crippen molar-refractivity contribution in [3.8, 4) is 22.3 Å². The summed E-state index contributed by atoms with van der Waals surface area (Å²) in [4.78, 5) is 0. The molecule has 0 N–H and O–H groups in total. The lowest BCUT2D eigenvalue weighted by atomic mass is 9.56. The summed E-state index contributed by atoms with van der Waals surface area (Å²) < 4.78 is 0. The molecule has 0 aliphatic rings. The van der Waals surface area contributed by atoms with E-state index in [0.717, 1.165) is 0 Å². The topological polar surface area (TPSA) is 0 Å². The number of fused-ring (bicyclic) bond motifs is 4. The third kappa shape index (κ3) is 4.59. The first-order valence-corrected chi connectivity index (χ1v) is 18.1. The van der Waals surface area contributed by atoms with E-state index in [1.807, 2.05) is 0 Å². The lowest BCUT2D eigenvalue weighted by Gasteiger charge is -2.31. The molecule has 0 saturated carbocycles. The molecule has 49 heavy (non-hydrogen) atoms. The first-order chi connectivity index (χ1) is 23.1. The monoisotopic (exact) mass is 610 g/mol. The van der Waals surface area contributed by atoms with Gasteiger partial charge in [0, 0.05) is 0 Å². The first-order valence-electron chi connectivity index (χ1n) is 18.1. The highest BCUT2D eigenvalue weighted by Crippen LogP contribution is 2.41. The highest BCUT2D eigenvalue weighted by Gasteiger charge is 2.28. The minimum atomic E-state index is 1.28. The van der Waals surface area contributed by atoms with Gasteiger partial charge in [-0.2, -0.15) is 0 Å². The maximum atomic E-state index is 2.44. The van der Waals surface area contributed by atoms with Crippen LogP contribution in [0.15, 0.2) is 42.5 Å². The van der Waals surface area contributed by atoms with Crippen LogP contribution in [0.25, 0.3) is 65.3 Å². The summed E-state index contributed by atoms with van der Waals surface area (Å²) in [6.45, 7) is 0. The molecule has 7 aromatic rings. The largest absolute Gasteiger partial charge is 0.139 e. The van der Waals surface area contributed by atoms with E-state index in [0.29, 0.717) is 0 Å². The molecule has 0 saturated heterocycles. The van der Waals surface area contributed by atoms with Crippen LogP contribution in [0, 0.1) is 0 Å². The molecule has 0 amide bonds. The maximum Gasteiger partial charge on any atom is 0.139 e. The minimum absolute atomic E-state index is 1.28. The van der Waals surface area contributed by atoms with E-state index in [1.54, 1.807) is 0 Å². The Bertz CT molecular complexity index is 2570. The van der Waals surface area contributed by atoms with E-state index in [1.165, 1.54) is 147 Å². The standard InChI is InChI=1S/C34H37B15/c35-20-13-11(10-6-5-8-3-1-2-4-9(8)7-10)14-16(24(39)32(47)30(45)21(14)36)12(15(13)23(38)31(46)29(20)44)17-18-19(26(41)28(43)22(17)37)27(42)34(49)33(48)25(18)40/h1-7H,35-49H2. The van der Waals surface area contributed by atoms with Crippen LogP contribution in [0.4, 0.5) is 0 Å². The fraction of sp³-hybridized carbons (Fsp3) is 0. The molecule has 0 fully saturated rings. The van der Waals surface area contributed by atoms with Crippen molar-refractivity contribution in [1.29, 1.82) is 0 Å². The summed E-state index contributed by atoms with van der Waals surface area (Å²) in [6.07, 6.45) is 0. The number of benzene rings is 7. The van der Waals surface area contributed by atoms with Crippen molar-refractivity contribution in [3.05, 3.63) is 42.5 Å². The smallest absolute Gasteiger partial charge is 0.101 e. The predicted octanol–water partition coefficient (Wildman–Crippen LogP) is -16.5. The summed E-state index contributed by atoms with van der Waals surface area (Å²) >= 11 is 0. The van der Waals surface area contributed by atoms with E-state index in [-0.39, 0.29) is 0 Å². The summed E-state index contributed by atoms with van der Waals surface area (Å²) in [5.41, 5.74) is 26.6. The molecule has 7 aromatic carbocycles. The summed E-state index contributed by atoms with van der Waals surface area (Å²) in [6, 6.07) is 15.9. The lowest BCUT2D eigenvalue weighted by Crippen LogP contribution is -2.53. The van der Waals surface area contributed by atoms with Crippen LogP contribution in [-0.4, -0.2) is 118 Å². The van der Waals surface area contributed by atoms with Gasteiger partial charge in [-0.05, 0) is 71.4 Å². The van der Waals surface area contributed by atoms with Crippen molar-refractivity contribution in [3.63, 3.8) is 0 Å². The van der Waals surface area contributed by atoms with Gasteiger partial charge in [-0.1, -0.05) is 80.1 Å². The van der Waals surface area contributed by atoms with Crippen molar-refractivity contribution in [1.82, 2.24) is 0 Å². The second-order valence-corrected chi connectivity index (χ2v) is 15.3. The van der Waals surface area contributed by atoms with Gasteiger partial charge in [-0.15, -0.1) is 38.2 Å². The molecular weight excluding hydrogens is 571 g/mol. The van der Waals surface area contributed by atoms with Gasteiger partial charge in [-0.25, -0.2) is 0 Å². The molecule has 0 heterocycles. The van der Waals surface area contributed by atoms with Crippen molar-refractivity contribution in [2.45, 2.75) is 0 Å². The predicted molar refractivity (Wildman–Crippen MR) is 270 cm³/mol. The van der Waals surface area contributed by atoms with Crippen LogP contribution in [0.2, 0.25) is 0 Å². The molecule has 15 heteroatoms. The normalized spacial score (nSPS) is 11.7. The molecule has 0 aliphatic heterocycles. The Morgan fingerprint density at radius 2 is 0.571 bits per heavy atom. The van der Waals surface area contributed by atoms with Gasteiger partial charge in [0.2, 0.25) is 0 Å². The maximum absolute atomic E-state index is 2.44. The molecule has 0 unspecified atom stereocenters. The van der Waals surface area contributed by atoms with Crippen molar-refractivity contribution in [2.75, 3.05) is 0 Å². The Labute approximate surface area is 306 Å². The minimum Gasteiger partial charge on any atom is -0.101 e. The molecule has 7 rings (SSSR count). The molecule has 0 aliphatic carbocycles. The highest BCUT2D eigenvalue weighted by atomic mass is 14.3. The van der Waals surface area contributed by atoms with Crippen molar-refractivity contribution >= 4 is 243 Å². The fourth-order valence-electron chi connectivity index (χ4n) is 9.26. The van der Waals surface area contributed by atoms with E-state index in [4.69, 9.17) is 0 Å². The van der Waals surface area contributed by atoms with E-state index in [2.05, 4.69) is 160 Å². The van der Waals surface area contributed by atoms with Gasteiger partial charge in [0.15, 0.2) is 0 Å². The van der Waals surface area contributed by atoms with E-state index in [9.17, 15) is 0 Å². The molecular formula is C34H37B15. The van der Waals surface area contributed by atoms with Gasteiger partial charge in [0.1, 0.15) is 118 Å². The summed E-state index contributed by atoms with van der Waals surface area (Å²) in [5, 5.41) is 11.1. The Kier molecular flexibility index (Phi) is 8.21. The Hall–Kier alpha value is -3.45. The molecule has 0 bridgehead atoms. The summed E-state index contributed by atoms with van der Waals surface area (Å²) in [7, 11) is 35.3. The molecule has 0 radical (unpaired) electrons. The molecule has 0 aromatic heterocycles. The zero-order chi connectivity index (χ0) is 35.5. The highest BCUT2D eigenvalue weighted by molar-refractivity contribution is 6.74. The van der Waals surface area contributed by atoms with Crippen LogP contribution >= 0.6 is 0 Å². The number of rotatable bonds is 2. The van der Waals surface area contributed by atoms with E-state index < -0.39 is 0 Å². The molecule has 0 nitrogen and oxygen atoms in total. The zero-order valence-corrected chi connectivity index (χ0v) is 32.5. The number of hydrogen-bond acceptors (Lipinski definition) is 0. The Morgan fingerprint density at radius 1 is 0.245 bits per heavy atom. The first kappa shape index (κ1) is 34.0. The second kappa shape index (κ2) is 11.8. The SMILES string of the molecule is Bc1c(B)c(B)c2c(-c3c4c(B)c(B)c(B)c(B)c4c(-c4ccc5ccccc5c4)c4c(B)c(B)c(B)c(B)c34)c(B)c(B)c(B)c2c1B. The Balaban J connectivity index is 1.91. The molecule has 218 valence electrons. The third-order valence-electron chi connectivity index (χ3n) is 13.5. The average molecular weight is 608 g/mol. The molecule has 0 spiro atoms. The number of hydrogen-bond donors (Lipinski definition) is 0. The van der Waals surface area contributed by atoms with Crippen LogP contribution in [-0.2, 0) is 0 Å². The van der Waals surface area contributed by atoms with Crippen LogP contribution in [0.5, 0.6) is 0 Å². The van der Waals surface area contributed by atoms with Crippen molar-refractivity contribution in [2.24, 2.45) is 0 Å². The second-order valence-electron chi connectivity index (χ2n) is 15.3. The van der Waals surface area contributed by atoms with Crippen molar-refractivity contribution < 1.29 is 0 Å². The average Bonchev–Trinajstić information content (AvgIpc) is 3.10. The van der Waals surface area contributed by atoms with Crippen LogP contribution in [0.1, 0.15) is 0 Å².